The number of benzene rings is 2. The predicted molar refractivity (Wildman–Crippen MR) is 90.1 cm³/mol. The van der Waals surface area contributed by atoms with E-state index in [2.05, 4.69) is 5.10 Å². The van der Waals surface area contributed by atoms with E-state index in [1.54, 1.807) is 55.5 Å². The molecule has 0 saturated carbocycles. The summed E-state index contributed by atoms with van der Waals surface area (Å²) >= 11 is 5.90. The van der Waals surface area contributed by atoms with Crippen molar-refractivity contribution in [3.05, 3.63) is 64.7 Å². The fraction of sp³-hybridized carbons (Fsp3) is 0.176. The van der Waals surface area contributed by atoms with Crippen LogP contribution in [0.4, 0.5) is 5.69 Å². The van der Waals surface area contributed by atoms with Gasteiger partial charge in [-0.05, 0) is 31.2 Å². The van der Waals surface area contributed by atoms with Crippen LogP contribution in [0.5, 0.6) is 0 Å². The third kappa shape index (κ3) is 2.69. The molecule has 3 N–H and O–H groups in total. The average Bonchev–Trinajstić information content (AvgIpc) is 2.83. The van der Waals surface area contributed by atoms with E-state index in [-0.39, 0.29) is 6.42 Å². The van der Waals surface area contributed by atoms with Gasteiger partial charge in [-0.25, -0.2) is 0 Å². The Morgan fingerprint density at radius 1 is 1.26 bits per heavy atom. The van der Waals surface area contributed by atoms with Gasteiger partial charge in [-0.15, -0.1) is 0 Å². The first kappa shape index (κ1) is 15.5. The smallest absolute Gasteiger partial charge is 0.279 e. The van der Waals surface area contributed by atoms with E-state index in [1.807, 2.05) is 0 Å². The highest BCUT2D eigenvalue weighted by atomic mass is 35.5. The quantitative estimate of drug-likeness (QED) is 0.831. The molecule has 0 radical (unpaired) electrons. The molecule has 23 heavy (non-hydrogen) atoms. The van der Waals surface area contributed by atoms with Crippen molar-refractivity contribution in [2.24, 2.45) is 5.10 Å². The Morgan fingerprint density at radius 2 is 1.91 bits per heavy atom. The molecule has 1 atom stereocenters. The van der Waals surface area contributed by atoms with Crippen LogP contribution in [0.2, 0.25) is 5.02 Å². The number of para-hydroxylation sites is 1. The summed E-state index contributed by atoms with van der Waals surface area (Å²) in [6, 6.07) is 13.4. The van der Waals surface area contributed by atoms with Crippen molar-refractivity contribution in [1.29, 1.82) is 0 Å². The van der Waals surface area contributed by atoms with Gasteiger partial charge in [0.05, 0.1) is 5.56 Å². The molecule has 1 amide bonds. The zero-order valence-corrected chi connectivity index (χ0v) is 13.3. The van der Waals surface area contributed by atoms with E-state index in [0.717, 1.165) is 5.01 Å². The number of hydrogen-bond acceptors (Lipinski definition) is 4. The van der Waals surface area contributed by atoms with Gasteiger partial charge in [-0.3, -0.25) is 4.79 Å². The first-order valence-corrected chi connectivity index (χ1v) is 7.51. The van der Waals surface area contributed by atoms with Crippen molar-refractivity contribution < 1.29 is 9.90 Å². The van der Waals surface area contributed by atoms with Crippen LogP contribution < -0.4 is 5.73 Å². The van der Waals surface area contributed by atoms with E-state index in [1.165, 1.54) is 0 Å². The van der Waals surface area contributed by atoms with Crippen LogP contribution in [0.1, 0.15) is 29.3 Å². The van der Waals surface area contributed by atoms with Crippen molar-refractivity contribution in [3.8, 4) is 0 Å². The number of nitrogens with zero attached hydrogens (tertiary/aromatic N) is 2. The Kier molecular flexibility index (Phi) is 3.83. The second kappa shape index (κ2) is 5.68. The SMILES string of the molecule is CC1=NN(C(=O)c2ccccc2N)[C@@](O)(c2ccc(Cl)cc2)C1. The fourth-order valence-electron chi connectivity index (χ4n) is 2.68. The monoisotopic (exact) mass is 329 g/mol. The number of rotatable bonds is 2. The molecule has 0 unspecified atom stereocenters. The van der Waals surface area contributed by atoms with Gasteiger partial charge in [0.2, 0.25) is 0 Å². The average molecular weight is 330 g/mol. The molecule has 1 aliphatic heterocycles. The van der Waals surface area contributed by atoms with Gasteiger partial charge in [0.15, 0.2) is 5.72 Å². The maximum absolute atomic E-state index is 12.8. The lowest BCUT2D eigenvalue weighted by Crippen LogP contribution is -2.43. The molecule has 0 aliphatic carbocycles. The summed E-state index contributed by atoms with van der Waals surface area (Å²) in [4.78, 5) is 12.8. The first-order valence-electron chi connectivity index (χ1n) is 7.13. The number of anilines is 1. The Morgan fingerprint density at radius 3 is 2.57 bits per heavy atom. The number of hydrogen-bond donors (Lipinski definition) is 2. The van der Waals surface area contributed by atoms with Crippen LogP contribution in [0.15, 0.2) is 53.6 Å². The molecule has 0 bridgehead atoms. The normalized spacial score (nSPS) is 20.5. The standard InChI is InChI=1S/C17H16ClN3O2/c1-11-10-17(23,12-6-8-13(18)9-7-12)21(20-11)16(22)14-4-2-3-5-15(14)19/h2-9,23H,10,19H2,1H3/t17-/m0/s1. The zero-order chi connectivity index (χ0) is 16.6. The molecule has 5 nitrogen and oxygen atoms in total. The number of hydrazone groups is 1. The van der Waals surface area contributed by atoms with Crippen molar-refractivity contribution in [2.75, 3.05) is 5.73 Å². The number of carbonyl (C=O) groups excluding carboxylic acids is 1. The van der Waals surface area contributed by atoms with Gasteiger partial charge in [-0.1, -0.05) is 35.9 Å². The Labute approximate surface area is 139 Å². The molecular formula is C17H16ClN3O2. The van der Waals surface area contributed by atoms with E-state index < -0.39 is 11.6 Å². The van der Waals surface area contributed by atoms with Gasteiger partial charge in [-0.2, -0.15) is 10.1 Å². The minimum Gasteiger partial charge on any atom is -0.398 e. The van der Waals surface area contributed by atoms with Gasteiger partial charge >= 0.3 is 0 Å². The minimum atomic E-state index is -1.55. The second-order valence-corrected chi connectivity index (χ2v) is 5.98. The van der Waals surface area contributed by atoms with Crippen LogP contribution in [0.25, 0.3) is 0 Å². The first-order chi connectivity index (χ1) is 10.9. The summed E-state index contributed by atoms with van der Waals surface area (Å²) in [5, 5.41) is 17.0. The Balaban J connectivity index is 2.03. The Hall–Kier alpha value is -2.37. The summed E-state index contributed by atoms with van der Waals surface area (Å²) in [7, 11) is 0. The largest absolute Gasteiger partial charge is 0.398 e. The lowest BCUT2D eigenvalue weighted by atomic mass is 9.97. The molecular weight excluding hydrogens is 314 g/mol. The van der Waals surface area contributed by atoms with Crippen molar-refractivity contribution in [1.82, 2.24) is 5.01 Å². The molecule has 0 aromatic heterocycles. The van der Waals surface area contributed by atoms with Gasteiger partial charge in [0.1, 0.15) is 0 Å². The van der Waals surface area contributed by atoms with Gasteiger partial charge in [0, 0.05) is 28.4 Å². The number of carbonyl (C=O) groups is 1. The molecule has 2 aromatic rings. The number of halogens is 1. The molecule has 2 aromatic carbocycles. The van der Waals surface area contributed by atoms with E-state index in [4.69, 9.17) is 17.3 Å². The van der Waals surface area contributed by atoms with Crippen LogP contribution in [-0.4, -0.2) is 21.7 Å². The molecule has 0 spiro atoms. The van der Waals surface area contributed by atoms with Crippen LogP contribution >= 0.6 is 11.6 Å². The second-order valence-electron chi connectivity index (χ2n) is 5.54. The third-order valence-electron chi connectivity index (χ3n) is 3.81. The van der Waals surface area contributed by atoms with E-state index in [9.17, 15) is 9.90 Å². The lowest BCUT2D eigenvalue weighted by Gasteiger charge is -2.31. The van der Waals surface area contributed by atoms with Crippen LogP contribution in [-0.2, 0) is 5.72 Å². The zero-order valence-electron chi connectivity index (χ0n) is 12.5. The molecule has 1 heterocycles. The number of amides is 1. The topological polar surface area (TPSA) is 78.9 Å². The van der Waals surface area contributed by atoms with Crippen molar-refractivity contribution >= 4 is 28.9 Å². The van der Waals surface area contributed by atoms with Crippen LogP contribution in [0, 0.1) is 0 Å². The number of nitrogen functional groups attached to an aromatic ring is 1. The molecule has 3 rings (SSSR count). The molecule has 6 heteroatoms. The minimum absolute atomic E-state index is 0.229. The van der Waals surface area contributed by atoms with E-state index >= 15 is 0 Å². The van der Waals surface area contributed by atoms with E-state index in [0.29, 0.717) is 27.5 Å². The highest BCUT2D eigenvalue weighted by Gasteiger charge is 2.45. The molecule has 0 saturated heterocycles. The molecule has 118 valence electrons. The maximum atomic E-state index is 12.8. The summed E-state index contributed by atoms with van der Waals surface area (Å²) in [6.45, 7) is 1.77. The fourth-order valence-corrected chi connectivity index (χ4v) is 2.81. The third-order valence-corrected chi connectivity index (χ3v) is 4.07. The predicted octanol–water partition coefficient (Wildman–Crippen LogP) is 2.99. The van der Waals surface area contributed by atoms with Gasteiger partial charge < -0.3 is 10.8 Å². The number of aliphatic hydroxyl groups is 1. The Bertz CT molecular complexity index is 789. The summed E-state index contributed by atoms with van der Waals surface area (Å²) in [5.41, 5.74) is 6.18. The van der Waals surface area contributed by atoms with Gasteiger partial charge in [0.25, 0.3) is 5.91 Å². The summed E-state index contributed by atoms with van der Waals surface area (Å²) < 4.78 is 0. The highest BCUT2D eigenvalue weighted by molar-refractivity contribution is 6.30. The highest BCUT2D eigenvalue weighted by Crippen LogP contribution is 2.37. The van der Waals surface area contributed by atoms with Crippen molar-refractivity contribution in [3.63, 3.8) is 0 Å². The maximum Gasteiger partial charge on any atom is 0.279 e. The van der Waals surface area contributed by atoms with Crippen molar-refractivity contribution in [2.45, 2.75) is 19.1 Å². The molecule has 1 aliphatic rings. The molecule has 0 fully saturated rings. The lowest BCUT2D eigenvalue weighted by molar-refractivity contribution is -0.0764. The summed E-state index contributed by atoms with van der Waals surface area (Å²) in [6.07, 6.45) is 0.229. The summed E-state index contributed by atoms with van der Waals surface area (Å²) in [5.74, 6) is -0.447. The van der Waals surface area contributed by atoms with Crippen LogP contribution in [0.3, 0.4) is 0 Å². The number of nitrogens with two attached hydrogens (primary N) is 1.